The lowest BCUT2D eigenvalue weighted by Crippen LogP contribution is -2.30. The number of carboxylic acids is 1. The Labute approximate surface area is 203 Å². The smallest absolute Gasteiger partial charge is 0.341 e. The van der Waals surface area contributed by atoms with E-state index in [9.17, 15) is 9.90 Å². The average molecular weight is 480 g/mol. The maximum atomic E-state index is 11.8. The van der Waals surface area contributed by atoms with Gasteiger partial charge in [-0.2, -0.15) is 5.21 Å². The number of halogens is 1. The summed E-state index contributed by atoms with van der Waals surface area (Å²) in [6.45, 7) is 7.15. The Morgan fingerprint density at radius 2 is 1.79 bits per heavy atom. The van der Waals surface area contributed by atoms with Gasteiger partial charge in [0, 0.05) is 24.8 Å². The number of aromatic carboxylic acids is 1. The van der Waals surface area contributed by atoms with Crippen molar-refractivity contribution >= 4 is 24.2 Å². The Hall–Kier alpha value is -3.85. The van der Waals surface area contributed by atoms with Gasteiger partial charge in [-0.05, 0) is 34.7 Å². The second-order valence-corrected chi connectivity index (χ2v) is 8.21. The molecule has 9 nitrogen and oxygen atoms in total. The number of anilines is 1. The number of aromatic amines is 1. The molecule has 0 fully saturated rings. The number of aromatic nitrogens is 6. The number of rotatable bonds is 8. The molecule has 0 unspecified atom stereocenters. The van der Waals surface area contributed by atoms with Crippen molar-refractivity contribution < 1.29 is 9.90 Å². The summed E-state index contributed by atoms with van der Waals surface area (Å²) in [5.74, 6) is 0.806. The minimum atomic E-state index is -1.04. The topological polar surface area (TPSA) is 121 Å². The molecule has 4 aromatic rings. The summed E-state index contributed by atoms with van der Waals surface area (Å²) in [7, 11) is 0. The van der Waals surface area contributed by atoms with Crippen molar-refractivity contribution in [1.29, 1.82) is 0 Å². The van der Waals surface area contributed by atoms with Gasteiger partial charge in [-0.1, -0.05) is 62.4 Å². The van der Waals surface area contributed by atoms with Gasteiger partial charge in [-0.25, -0.2) is 14.8 Å². The molecule has 0 aliphatic rings. The number of hydrogen-bond acceptors (Lipinski definition) is 7. The highest BCUT2D eigenvalue weighted by molar-refractivity contribution is 5.93. The molecule has 0 atom stereocenters. The Morgan fingerprint density at radius 1 is 1.09 bits per heavy atom. The predicted molar refractivity (Wildman–Crippen MR) is 132 cm³/mol. The lowest BCUT2D eigenvalue weighted by Gasteiger charge is -2.27. The highest BCUT2D eigenvalue weighted by Crippen LogP contribution is 2.30. The summed E-state index contributed by atoms with van der Waals surface area (Å²) in [5.41, 5.74) is 4.07. The number of nitrogens with one attached hydrogen (secondary N) is 1. The van der Waals surface area contributed by atoms with E-state index in [1.807, 2.05) is 53.4 Å². The summed E-state index contributed by atoms with van der Waals surface area (Å²) in [4.78, 5) is 22.3. The molecule has 0 amide bonds. The van der Waals surface area contributed by atoms with E-state index >= 15 is 0 Å². The van der Waals surface area contributed by atoms with Crippen molar-refractivity contribution in [2.24, 2.45) is 5.92 Å². The van der Waals surface area contributed by atoms with Crippen LogP contribution < -0.4 is 4.90 Å². The fourth-order valence-corrected chi connectivity index (χ4v) is 3.73. The van der Waals surface area contributed by atoms with E-state index in [-0.39, 0.29) is 18.0 Å². The van der Waals surface area contributed by atoms with Crippen molar-refractivity contribution in [2.75, 3.05) is 11.4 Å². The molecule has 2 aromatic carbocycles. The zero-order valence-corrected chi connectivity index (χ0v) is 20.0. The van der Waals surface area contributed by atoms with Crippen LogP contribution in [0.1, 0.15) is 35.6 Å². The van der Waals surface area contributed by atoms with Crippen molar-refractivity contribution in [2.45, 2.75) is 27.3 Å². The molecule has 0 radical (unpaired) electrons. The zero-order chi connectivity index (χ0) is 23.4. The average Bonchev–Trinajstić information content (AvgIpc) is 3.33. The zero-order valence-electron chi connectivity index (χ0n) is 19.1. The first-order chi connectivity index (χ1) is 15.9. The Morgan fingerprint density at radius 3 is 2.41 bits per heavy atom. The molecular formula is C24H26ClN7O2. The largest absolute Gasteiger partial charge is 0.477 e. The third-order valence-electron chi connectivity index (χ3n) is 5.16. The van der Waals surface area contributed by atoms with Gasteiger partial charge in [-0.3, -0.25) is 0 Å². The number of tetrazole rings is 1. The first-order valence-electron chi connectivity index (χ1n) is 10.7. The van der Waals surface area contributed by atoms with Crippen LogP contribution in [0.4, 0.5) is 5.82 Å². The number of nitrogens with zero attached hydrogens (tertiary/aromatic N) is 6. The summed E-state index contributed by atoms with van der Waals surface area (Å²) in [5, 5.41) is 24.0. The van der Waals surface area contributed by atoms with Crippen LogP contribution in [0.5, 0.6) is 0 Å². The standard InChI is InChI=1S/C24H25N7O2.ClH/c1-15(2)13-31(23-21(24(32)33)12-25-16(3)26-23)14-17-8-10-18(11-9-17)19-6-4-5-7-20(19)22-27-29-30-28-22;/h4-12,15H,13-14H2,1-3H3,(H,32,33)(H,27,28,29,30);1H. The van der Waals surface area contributed by atoms with Crippen LogP contribution in [-0.2, 0) is 6.54 Å². The molecule has 0 aliphatic heterocycles. The molecule has 2 N–H and O–H groups in total. The summed E-state index contributed by atoms with van der Waals surface area (Å²) < 4.78 is 0. The molecular weight excluding hydrogens is 454 g/mol. The molecule has 0 saturated heterocycles. The predicted octanol–water partition coefficient (Wildman–Crippen LogP) is 4.41. The van der Waals surface area contributed by atoms with Crippen molar-refractivity contribution in [3.8, 4) is 22.5 Å². The number of carbonyl (C=O) groups is 1. The second kappa shape index (κ2) is 10.8. The fraction of sp³-hybridized carbons (Fsp3) is 0.250. The summed E-state index contributed by atoms with van der Waals surface area (Å²) in [6, 6.07) is 16.1. The van der Waals surface area contributed by atoms with Crippen molar-refractivity contribution in [3.05, 3.63) is 71.7 Å². The van der Waals surface area contributed by atoms with Crippen LogP contribution in [-0.4, -0.2) is 48.2 Å². The van der Waals surface area contributed by atoms with E-state index in [0.29, 0.717) is 36.5 Å². The quantitative estimate of drug-likeness (QED) is 0.381. The highest BCUT2D eigenvalue weighted by atomic mass is 35.5. The molecule has 0 spiro atoms. The van der Waals surface area contributed by atoms with Crippen molar-refractivity contribution in [1.82, 2.24) is 30.6 Å². The maximum absolute atomic E-state index is 11.8. The lowest BCUT2D eigenvalue weighted by molar-refractivity contribution is 0.0696. The fourth-order valence-electron chi connectivity index (χ4n) is 3.73. The number of benzene rings is 2. The third-order valence-corrected chi connectivity index (χ3v) is 5.16. The number of carboxylic acid groups (broad SMARTS) is 1. The molecule has 2 aromatic heterocycles. The molecule has 0 bridgehead atoms. The summed E-state index contributed by atoms with van der Waals surface area (Å²) in [6.07, 6.45) is 1.38. The minimum absolute atomic E-state index is 0. The Balaban J connectivity index is 0.00000324. The van der Waals surface area contributed by atoms with Crippen LogP contribution >= 0.6 is 12.4 Å². The monoisotopic (exact) mass is 479 g/mol. The third kappa shape index (κ3) is 5.55. The first-order valence-corrected chi connectivity index (χ1v) is 10.7. The van der Waals surface area contributed by atoms with Gasteiger partial charge in [0.1, 0.15) is 17.2 Å². The van der Waals surface area contributed by atoms with E-state index in [1.54, 1.807) is 6.92 Å². The van der Waals surface area contributed by atoms with Crippen LogP contribution in [0.25, 0.3) is 22.5 Å². The second-order valence-electron chi connectivity index (χ2n) is 8.21. The van der Waals surface area contributed by atoms with Gasteiger partial charge in [0.2, 0.25) is 5.82 Å². The minimum Gasteiger partial charge on any atom is -0.477 e. The van der Waals surface area contributed by atoms with Crippen LogP contribution in [0, 0.1) is 12.8 Å². The van der Waals surface area contributed by atoms with Gasteiger partial charge in [0.15, 0.2) is 0 Å². The molecule has 34 heavy (non-hydrogen) atoms. The van der Waals surface area contributed by atoms with Gasteiger partial charge in [-0.15, -0.1) is 22.6 Å². The molecule has 4 rings (SSSR count). The lowest BCUT2D eigenvalue weighted by atomic mass is 9.98. The molecule has 10 heteroatoms. The Bertz CT molecular complexity index is 1240. The Kier molecular flexibility index (Phi) is 7.91. The maximum Gasteiger partial charge on any atom is 0.341 e. The molecule has 2 heterocycles. The first kappa shape index (κ1) is 24.8. The van der Waals surface area contributed by atoms with Crippen LogP contribution in [0.15, 0.2) is 54.7 Å². The van der Waals surface area contributed by atoms with Crippen LogP contribution in [0.2, 0.25) is 0 Å². The van der Waals surface area contributed by atoms with Crippen LogP contribution in [0.3, 0.4) is 0 Å². The van der Waals surface area contributed by atoms with E-state index in [2.05, 4.69) is 44.4 Å². The van der Waals surface area contributed by atoms with E-state index in [4.69, 9.17) is 0 Å². The number of aryl methyl sites for hydroxylation is 1. The number of hydrogen-bond donors (Lipinski definition) is 2. The number of H-pyrrole nitrogens is 1. The van der Waals surface area contributed by atoms with Gasteiger partial charge >= 0.3 is 5.97 Å². The SMILES string of the molecule is Cc1ncc(C(=O)O)c(N(Cc2ccc(-c3ccccc3-c3nn[nH]n3)cc2)CC(C)C)n1.Cl. The van der Waals surface area contributed by atoms with E-state index in [1.165, 1.54) is 6.20 Å². The molecule has 0 saturated carbocycles. The normalized spacial score (nSPS) is 10.7. The van der Waals surface area contributed by atoms with E-state index < -0.39 is 5.97 Å². The van der Waals surface area contributed by atoms with Gasteiger partial charge in [0.05, 0.1) is 0 Å². The summed E-state index contributed by atoms with van der Waals surface area (Å²) >= 11 is 0. The van der Waals surface area contributed by atoms with E-state index in [0.717, 1.165) is 22.3 Å². The van der Waals surface area contributed by atoms with Gasteiger partial charge < -0.3 is 10.0 Å². The highest BCUT2D eigenvalue weighted by Gasteiger charge is 2.20. The van der Waals surface area contributed by atoms with Crippen molar-refractivity contribution in [3.63, 3.8) is 0 Å². The molecule has 0 aliphatic carbocycles. The molecule has 176 valence electrons. The van der Waals surface area contributed by atoms with Gasteiger partial charge in [0.25, 0.3) is 0 Å².